The largest absolute Gasteiger partial charge is 0.341 e. The Morgan fingerprint density at radius 3 is 2.72 bits per heavy atom. The maximum absolute atomic E-state index is 10.9. The first-order valence-electron chi connectivity index (χ1n) is 8.19. The zero-order valence-electron chi connectivity index (χ0n) is 13.9. The molecule has 1 heterocycles. The van der Waals surface area contributed by atoms with Gasteiger partial charge in [-0.1, -0.05) is 25.3 Å². The van der Waals surface area contributed by atoms with E-state index in [1.807, 2.05) is 11.9 Å². The Morgan fingerprint density at radius 2 is 2.00 bits per heavy atom. The van der Waals surface area contributed by atoms with Gasteiger partial charge in [0.05, 0.1) is 4.92 Å². The molecule has 9 heteroatoms. The van der Waals surface area contributed by atoms with E-state index in [4.69, 9.17) is 11.6 Å². The molecule has 3 rings (SSSR count). The van der Waals surface area contributed by atoms with Crippen LogP contribution in [0.2, 0.25) is 5.28 Å². The van der Waals surface area contributed by atoms with Crippen LogP contribution in [0.4, 0.5) is 23.3 Å². The molecule has 132 valence electrons. The van der Waals surface area contributed by atoms with Gasteiger partial charge in [-0.3, -0.25) is 10.1 Å². The van der Waals surface area contributed by atoms with Crippen molar-refractivity contribution in [1.82, 2.24) is 15.0 Å². The van der Waals surface area contributed by atoms with Gasteiger partial charge in [0, 0.05) is 30.9 Å². The number of rotatable bonds is 5. The van der Waals surface area contributed by atoms with Crippen LogP contribution in [0.25, 0.3) is 0 Å². The van der Waals surface area contributed by atoms with Crippen molar-refractivity contribution in [3.63, 3.8) is 0 Å². The van der Waals surface area contributed by atoms with Crippen LogP contribution in [0, 0.1) is 10.1 Å². The molecule has 1 aromatic carbocycles. The Bertz CT molecular complexity index is 766. The highest BCUT2D eigenvalue weighted by atomic mass is 35.5. The van der Waals surface area contributed by atoms with Crippen molar-refractivity contribution < 1.29 is 4.92 Å². The van der Waals surface area contributed by atoms with Crippen LogP contribution < -0.4 is 10.2 Å². The van der Waals surface area contributed by atoms with Crippen molar-refractivity contribution in [1.29, 1.82) is 0 Å². The number of nitrogens with one attached hydrogen (secondary N) is 1. The third-order valence-electron chi connectivity index (χ3n) is 4.35. The fourth-order valence-corrected chi connectivity index (χ4v) is 3.17. The number of non-ortho nitro benzene ring substituents is 1. The zero-order valence-corrected chi connectivity index (χ0v) is 14.6. The zero-order chi connectivity index (χ0) is 17.8. The minimum Gasteiger partial charge on any atom is -0.341 e. The van der Waals surface area contributed by atoms with E-state index in [0.717, 1.165) is 12.8 Å². The van der Waals surface area contributed by atoms with Crippen LogP contribution >= 0.6 is 11.6 Å². The molecular weight excluding hydrogens is 344 g/mol. The first-order chi connectivity index (χ1) is 12.0. The second kappa shape index (κ2) is 7.60. The van der Waals surface area contributed by atoms with Crippen molar-refractivity contribution in [2.75, 3.05) is 17.3 Å². The standard InChI is InChI=1S/C16H19ClN6O2/c1-22(12-7-3-2-4-8-12)16-20-14(17)19-15(21-16)18-11-6-5-9-13(10-11)23(24)25/h5-6,9-10,12H,2-4,7-8H2,1H3,(H,18,19,20,21). The summed E-state index contributed by atoms with van der Waals surface area (Å²) in [4.78, 5) is 25.2. The first kappa shape index (κ1) is 17.3. The second-order valence-electron chi connectivity index (χ2n) is 6.06. The summed E-state index contributed by atoms with van der Waals surface area (Å²) in [7, 11) is 1.96. The number of aromatic nitrogens is 3. The molecule has 0 aliphatic heterocycles. The quantitative estimate of drug-likeness (QED) is 0.635. The molecular formula is C16H19ClN6O2. The minimum atomic E-state index is -0.451. The average Bonchev–Trinajstić information content (AvgIpc) is 2.61. The summed E-state index contributed by atoms with van der Waals surface area (Å²) in [5.74, 6) is 0.762. The lowest BCUT2D eigenvalue weighted by atomic mass is 9.95. The van der Waals surface area contributed by atoms with Crippen LogP contribution in [0.5, 0.6) is 0 Å². The summed E-state index contributed by atoms with van der Waals surface area (Å²) >= 11 is 6.04. The fraction of sp³-hybridized carbons (Fsp3) is 0.438. The molecule has 1 saturated carbocycles. The molecule has 1 fully saturated rings. The van der Waals surface area contributed by atoms with Gasteiger partial charge >= 0.3 is 0 Å². The van der Waals surface area contributed by atoms with Gasteiger partial charge in [-0.2, -0.15) is 15.0 Å². The molecule has 1 aromatic heterocycles. The lowest BCUT2D eigenvalue weighted by Crippen LogP contribution is -2.34. The highest BCUT2D eigenvalue weighted by Gasteiger charge is 2.21. The summed E-state index contributed by atoms with van der Waals surface area (Å²) in [6.07, 6.45) is 5.88. The molecule has 1 N–H and O–H groups in total. The van der Waals surface area contributed by atoms with Crippen molar-refractivity contribution in [2.45, 2.75) is 38.1 Å². The van der Waals surface area contributed by atoms with Crippen LogP contribution in [0.1, 0.15) is 32.1 Å². The van der Waals surface area contributed by atoms with Crippen molar-refractivity contribution >= 4 is 34.9 Å². The Hall–Kier alpha value is -2.48. The van der Waals surface area contributed by atoms with Crippen molar-refractivity contribution in [3.8, 4) is 0 Å². The van der Waals surface area contributed by atoms with E-state index in [0.29, 0.717) is 17.7 Å². The topological polar surface area (TPSA) is 97.1 Å². The number of benzene rings is 1. The van der Waals surface area contributed by atoms with Gasteiger partial charge < -0.3 is 10.2 Å². The third kappa shape index (κ3) is 4.33. The summed E-state index contributed by atoms with van der Waals surface area (Å²) in [5.41, 5.74) is 0.507. The fourth-order valence-electron chi connectivity index (χ4n) is 3.01. The minimum absolute atomic E-state index is 0.00954. The number of hydrogen-bond acceptors (Lipinski definition) is 7. The van der Waals surface area contributed by atoms with E-state index in [-0.39, 0.29) is 16.9 Å². The SMILES string of the molecule is CN(c1nc(Cl)nc(Nc2cccc([N+](=O)[O-])c2)n1)C1CCCCC1. The van der Waals surface area contributed by atoms with E-state index in [1.165, 1.54) is 31.4 Å². The van der Waals surface area contributed by atoms with Crippen LogP contribution in [-0.2, 0) is 0 Å². The lowest BCUT2D eigenvalue weighted by Gasteiger charge is -2.31. The van der Waals surface area contributed by atoms with Gasteiger partial charge in [0.1, 0.15) is 0 Å². The average molecular weight is 363 g/mol. The number of hydrogen-bond donors (Lipinski definition) is 1. The molecule has 2 aromatic rings. The molecule has 0 saturated heterocycles. The predicted octanol–water partition coefficient (Wildman–Crippen LogP) is 3.95. The van der Waals surface area contributed by atoms with Crippen molar-refractivity contribution in [3.05, 3.63) is 39.7 Å². The maximum atomic E-state index is 10.9. The molecule has 0 unspecified atom stereocenters. The molecule has 1 aliphatic rings. The van der Waals surface area contributed by atoms with Gasteiger partial charge in [-0.15, -0.1) is 0 Å². The normalized spacial score (nSPS) is 15.0. The number of nitro benzene ring substituents is 1. The lowest BCUT2D eigenvalue weighted by molar-refractivity contribution is -0.384. The Morgan fingerprint density at radius 1 is 1.24 bits per heavy atom. The van der Waals surface area contributed by atoms with Gasteiger partial charge in [-0.05, 0) is 30.5 Å². The molecule has 8 nitrogen and oxygen atoms in total. The molecule has 25 heavy (non-hydrogen) atoms. The molecule has 0 radical (unpaired) electrons. The summed E-state index contributed by atoms with van der Waals surface area (Å²) in [6, 6.07) is 6.53. The Balaban J connectivity index is 1.81. The Kier molecular flexibility index (Phi) is 5.28. The Labute approximate surface area is 150 Å². The van der Waals surface area contributed by atoms with Gasteiger partial charge in [0.25, 0.3) is 5.69 Å². The highest BCUT2D eigenvalue weighted by molar-refractivity contribution is 6.28. The second-order valence-corrected chi connectivity index (χ2v) is 6.40. The van der Waals surface area contributed by atoms with E-state index >= 15 is 0 Å². The predicted molar refractivity (Wildman–Crippen MR) is 96.5 cm³/mol. The number of nitrogens with zero attached hydrogens (tertiary/aromatic N) is 5. The molecule has 1 aliphatic carbocycles. The number of nitro groups is 1. The maximum Gasteiger partial charge on any atom is 0.271 e. The van der Waals surface area contributed by atoms with E-state index in [1.54, 1.807) is 12.1 Å². The van der Waals surface area contributed by atoms with Gasteiger partial charge in [0.2, 0.25) is 17.2 Å². The smallest absolute Gasteiger partial charge is 0.271 e. The number of anilines is 3. The third-order valence-corrected chi connectivity index (χ3v) is 4.52. The van der Waals surface area contributed by atoms with E-state index in [2.05, 4.69) is 20.3 Å². The summed E-state index contributed by atoms with van der Waals surface area (Å²) < 4.78 is 0. The molecule has 0 spiro atoms. The molecule has 0 bridgehead atoms. The first-order valence-corrected chi connectivity index (χ1v) is 8.56. The van der Waals surface area contributed by atoms with E-state index < -0.39 is 4.92 Å². The summed E-state index contributed by atoms with van der Waals surface area (Å²) in [6.45, 7) is 0. The van der Waals surface area contributed by atoms with E-state index in [9.17, 15) is 10.1 Å². The van der Waals surface area contributed by atoms with Gasteiger partial charge in [0.15, 0.2) is 0 Å². The van der Waals surface area contributed by atoms with Crippen LogP contribution in [-0.4, -0.2) is 33.0 Å². The molecule has 0 atom stereocenters. The van der Waals surface area contributed by atoms with Gasteiger partial charge in [-0.25, -0.2) is 0 Å². The monoisotopic (exact) mass is 362 g/mol. The van der Waals surface area contributed by atoms with Crippen LogP contribution in [0.3, 0.4) is 0 Å². The van der Waals surface area contributed by atoms with Crippen LogP contribution in [0.15, 0.2) is 24.3 Å². The highest BCUT2D eigenvalue weighted by Crippen LogP contribution is 2.26. The number of halogens is 1. The molecule has 0 amide bonds. The summed E-state index contributed by atoms with van der Waals surface area (Å²) in [5, 5.41) is 13.9. The van der Waals surface area contributed by atoms with Crippen molar-refractivity contribution in [2.24, 2.45) is 0 Å².